The Morgan fingerprint density at radius 3 is 2.81 bits per heavy atom. The molecule has 138 valence electrons. The molecule has 2 aromatic heterocycles. The van der Waals surface area contributed by atoms with Crippen molar-refractivity contribution in [1.82, 2.24) is 19.9 Å². The number of aromatic nitrogens is 3. The molecule has 4 rings (SSSR count). The van der Waals surface area contributed by atoms with Crippen LogP contribution in [0, 0.1) is 0 Å². The van der Waals surface area contributed by atoms with E-state index in [-0.39, 0.29) is 5.56 Å². The first kappa shape index (κ1) is 17.2. The molecule has 0 bridgehead atoms. The molecule has 0 amide bonds. The molecule has 2 fully saturated rings. The number of rotatable bonds is 4. The molecule has 0 spiro atoms. The van der Waals surface area contributed by atoms with Gasteiger partial charge in [-0.1, -0.05) is 6.07 Å². The van der Waals surface area contributed by atoms with Gasteiger partial charge in [0.1, 0.15) is 0 Å². The van der Waals surface area contributed by atoms with E-state index in [0.717, 1.165) is 62.9 Å². The van der Waals surface area contributed by atoms with E-state index in [1.165, 1.54) is 19.3 Å². The number of pyridine rings is 1. The van der Waals surface area contributed by atoms with Crippen LogP contribution in [0.5, 0.6) is 0 Å². The van der Waals surface area contributed by atoms with Crippen molar-refractivity contribution >= 4 is 5.95 Å². The van der Waals surface area contributed by atoms with Gasteiger partial charge in [-0.15, -0.1) is 0 Å². The van der Waals surface area contributed by atoms with Crippen molar-refractivity contribution in [3.05, 3.63) is 52.2 Å². The highest BCUT2D eigenvalue weighted by Crippen LogP contribution is 2.27. The fourth-order valence-corrected chi connectivity index (χ4v) is 4.09. The van der Waals surface area contributed by atoms with Gasteiger partial charge in [0.25, 0.3) is 5.56 Å². The summed E-state index contributed by atoms with van der Waals surface area (Å²) in [6.07, 6.45) is 7.69. The van der Waals surface area contributed by atoms with Gasteiger partial charge in [-0.25, -0.2) is 4.98 Å². The highest BCUT2D eigenvalue weighted by Gasteiger charge is 2.24. The SMILES string of the molecule is O=c1cc(C2CCCN(Cc3ccccn3)C2)nc(N2CCCCC2)[nH]1. The van der Waals surface area contributed by atoms with E-state index in [9.17, 15) is 4.79 Å². The molecule has 1 atom stereocenters. The Morgan fingerprint density at radius 1 is 1.12 bits per heavy atom. The van der Waals surface area contributed by atoms with Gasteiger partial charge in [0, 0.05) is 44.4 Å². The Kier molecular flexibility index (Phi) is 5.29. The van der Waals surface area contributed by atoms with E-state index >= 15 is 0 Å². The highest BCUT2D eigenvalue weighted by molar-refractivity contribution is 5.31. The minimum Gasteiger partial charge on any atom is -0.342 e. The quantitative estimate of drug-likeness (QED) is 0.915. The molecular formula is C20H27N5O. The lowest BCUT2D eigenvalue weighted by molar-refractivity contribution is 0.196. The molecule has 2 aromatic rings. The van der Waals surface area contributed by atoms with Crippen molar-refractivity contribution in [3.8, 4) is 0 Å². The number of piperidine rings is 2. The summed E-state index contributed by atoms with van der Waals surface area (Å²) >= 11 is 0. The maximum Gasteiger partial charge on any atom is 0.252 e. The monoisotopic (exact) mass is 353 g/mol. The smallest absolute Gasteiger partial charge is 0.252 e. The first-order valence-electron chi connectivity index (χ1n) is 9.76. The second-order valence-electron chi connectivity index (χ2n) is 7.44. The largest absolute Gasteiger partial charge is 0.342 e. The van der Waals surface area contributed by atoms with Crippen LogP contribution in [0.4, 0.5) is 5.95 Å². The number of hydrogen-bond donors (Lipinski definition) is 1. The van der Waals surface area contributed by atoms with Crippen LogP contribution in [-0.4, -0.2) is 46.0 Å². The van der Waals surface area contributed by atoms with E-state index in [2.05, 4.69) is 25.8 Å². The zero-order valence-electron chi connectivity index (χ0n) is 15.2. The molecule has 6 nitrogen and oxygen atoms in total. The Hall–Kier alpha value is -2.21. The van der Waals surface area contributed by atoms with E-state index < -0.39 is 0 Å². The number of H-pyrrole nitrogens is 1. The predicted octanol–water partition coefficient (Wildman–Crippen LogP) is 2.53. The Labute approximate surface area is 154 Å². The normalized spacial score (nSPS) is 21.7. The van der Waals surface area contributed by atoms with E-state index in [4.69, 9.17) is 4.98 Å². The van der Waals surface area contributed by atoms with E-state index in [1.54, 1.807) is 6.07 Å². The van der Waals surface area contributed by atoms with Crippen LogP contribution in [0.3, 0.4) is 0 Å². The minimum atomic E-state index is -0.0302. The Bertz CT molecular complexity index is 769. The average Bonchev–Trinajstić information content (AvgIpc) is 2.69. The van der Waals surface area contributed by atoms with Crippen LogP contribution < -0.4 is 10.5 Å². The van der Waals surface area contributed by atoms with Gasteiger partial charge in [0.15, 0.2) is 0 Å². The van der Waals surface area contributed by atoms with Gasteiger partial charge in [-0.3, -0.25) is 19.7 Å². The molecule has 0 radical (unpaired) electrons. The number of likely N-dealkylation sites (tertiary alicyclic amines) is 1. The van der Waals surface area contributed by atoms with Crippen LogP contribution in [0.25, 0.3) is 0 Å². The van der Waals surface area contributed by atoms with Gasteiger partial charge in [-0.2, -0.15) is 0 Å². The van der Waals surface area contributed by atoms with Gasteiger partial charge in [0.05, 0.1) is 11.4 Å². The first-order valence-corrected chi connectivity index (χ1v) is 9.76. The number of anilines is 1. The molecule has 6 heteroatoms. The second-order valence-corrected chi connectivity index (χ2v) is 7.44. The molecule has 0 aromatic carbocycles. The zero-order valence-corrected chi connectivity index (χ0v) is 15.2. The molecule has 2 saturated heterocycles. The van der Waals surface area contributed by atoms with Crippen molar-refractivity contribution in [2.45, 2.75) is 44.6 Å². The van der Waals surface area contributed by atoms with E-state index in [0.29, 0.717) is 5.92 Å². The van der Waals surface area contributed by atoms with Gasteiger partial charge in [-0.05, 0) is 50.8 Å². The first-order chi connectivity index (χ1) is 12.8. The lowest BCUT2D eigenvalue weighted by atomic mass is 9.94. The van der Waals surface area contributed by atoms with Gasteiger partial charge in [0.2, 0.25) is 5.95 Å². The van der Waals surface area contributed by atoms with Gasteiger partial charge >= 0.3 is 0 Å². The number of nitrogens with zero attached hydrogens (tertiary/aromatic N) is 4. The summed E-state index contributed by atoms with van der Waals surface area (Å²) in [5, 5.41) is 0. The average molecular weight is 353 g/mol. The van der Waals surface area contributed by atoms with Crippen molar-refractivity contribution in [2.24, 2.45) is 0 Å². The van der Waals surface area contributed by atoms with Crippen LogP contribution in [0.15, 0.2) is 35.3 Å². The lowest BCUT2D eigenvalue weighted by Crippen LogP contribution is -2.36. The summed E-state index contributed by atoms with van der Waals surface area (Å²) in [6.45, 7) is 4.85. The lowest BCUT2D eigenvalue weighted by Gasteiger charge is -2.33. The van der Waals surface area contributed by atoms with Crippen molar-refractivity contribution in [2.75, 3.05) is 31.1 Å². The van der Waals surface area contributed by atoms with Crippen LogP contribution >= 0.6 is 0 Å². The van der Waals surface area contributed by atoms with Crippen LogP contribution in [0.2, 0.25) is 0 Å². The fraction of sp³-hybridized carbons (Fsp3) is 0.550. The molecule has 2 aliphatic heterocycles. The molecule has 1 unspecified atom stereocenters. The van der Waals surface area contributed by atoms with Crippen LogP contribution in [0.1, 0.15) is 49.4 Å². The summed E-state index contributed by atoms with van der Waals surface area (Å²) in [6, 6.07) is 7.75. The maximum atomic E-state index is 12.2. The zero-order chi connectivity index (χ0) is 17.8. The van der Waals surface area contributed by atoms with Crippen LogP contribution in [-0.2, 0) is 6.54 Å². The summed E-state index contributed by atoms with van der Waals surface area (Å²) in [4.78, 5) is 29.1. The third-order valence-corrected chi connectivity index (χ3v) is 5.44. The summed E-state index contributed by atoms with van der Waals surface area (Å²) < 4.78 is 0. The molecule has 0 aliphatic carbocycles. The second kappa shape index (κ2) is 7.99. The highest BCUT2D eigenvalue weighted by atomic mass is 16.1. The predicted molar refractivity (Wildman–Crippen MR) is 102 cm³/mol. The molecule has 1 N–H and O–H groups in total. The number of hydrogen-bond acceptors (Lipinski definition) is 5. The molecule has 4 heterocycles. The summed E-state index contributed by atoms with van der Waals surface area (Å²) in [5.41, 5.74) is 2.01. The van der Waals surface area contributed by atoms with Crippen molar-refractivity contribution in [1.29, 1.82) is 0 Å². The third-order valence-electron chi connectivity index (χ3n) is 5.44. The van der Waals surface area contributed by atoms with E-state index in [1.807, 2.05) is 18.3 Å². The minimum absolute atomic E-state index is 0.0302. The molecule has 26 heavy (non-hydrogen) atoms. The summed E-state index contributed by atoms with van der Waals surface area (Å²) in [5.74, 6) is 1.08. The number of nitrogens with one attached hydrogen (secondary N) is 1. The standard InChI is InChI=1S/C20H27N5O/c26-19-13-18(22-20(23-19)25-11-4-1-5-12-25)16-7-6-10-24(14-16)15-17-8-2-3-9-21-17/h2-3,8-9,13,16H,1,4-7,10-12,14-15H2,(H,22,23,26). The summed E-state index contributed by atoms with van der Waals surface area (Å²) in [7, 11) is 0. The third kappa shape index (κ3) is 4.12. The Morgan fingerprint density at radius 2 is 2.00 bits per heavy atom. The topological polar surface area (TPSA) is 65.1 Å². The molecular weight excluding hydrogens is 326 g/mol. The maximum absolute atomic E-state index is 12.2. The Balaban J connectivity index is 1.49. The van der Waals surface area contributed by atoms with Gasteiger partial charge < -0.3 is 4.90 Å². The molecule has 0 saturated carbocycles. The van der Waals surface area contributed by atoms with Crippen molar-refractivity contribution < 1.29 is 0 Å². The van der Waals surface area contributed by atoms with Crippen molar-refractivity contribution in [3.63, 3.8) is 0 Å². The fourth-order valence-electron chi connectivity index (χ4n) is 4.09. The number of aromatic amines is 1. The molecule has 2 aliphatic rings.